The van der Waals surface area contributed by atoms with E-state index in [1.54, 1.807) is 6.08 Å². The van der Waals surface area contributed by atoms with Crippen molar-refractivity contribution in [2.45, 2.75) is 103 Å². The third kappa shape index (κ3) is 22.2. The van der Waals surface area contributed by atoms with Gasteiger partial charge in [0.05, 0.1) is 39.9 Å². The molecule has 0 aliphatic heterocycles. The fraction of sp³-hybridized carbons (Fsp3) is 0.815. The molecule has 3 atom stereocenters. The van der Waals surface area contributed by atoms with Crippen LogP contribution in [-0.4, -0.2) is 73.4 Å². The SMILES string of the molecule is CCCCCCC/C=C/CC/C=C/C(O)C(COP(=O)(O)OCC[N+](C)(C)C)NC(=O)CCCCC. The van der Waals surface area contributed by atoms with Crippen molar-refractivity contribution in [3.63, 3.8) is 0 Å². The Morgan fingerprint density at radius 1 is 0.917 bits per heavy atom. The Bertz CT molecular complexity index is 663. The van der Waals surface area contributed by atoms with Crippen LogP contribution in [0.25, 0.3) is 0 Å². The molecule has 0 spiro atoms. The van der Waals surface area contributed by atoms with Crippen molar-refractivity contribution in [1.82, 2.24) is 5.32 Å². The summed E-state index contributed by atoms with van der Waals surface area (Å²) in [7, 11) is 1.54. The van der Waals surface area contributed by atoms with Crippen LogP contribution in [0.2, 0.25) is 0 Å². The number of aliphatic hydroxyl groups is 1. The van der Waals surface area contributed by atoms with Gasteiger partial charge in [0.2, 0.25) is 5.91 Å². The van der Waals surface area contributed by atoms with E-state index < -0.39 is 20.0 Å². The van der Waals surface area contributed by atoms with E-state index in [1.807, 2.05) is 27.2 Å². The number of allylic oxidation sites excluding steroid dienone is 3. The fourth-order valence-electron chi connectivity index (χ4n) is 3.35. The minimum Gasteiger partial charge on any atom is -0.387 e. The van der Waals surface area contributed by atoms with Crippen molar-refractivity contribution in [3.05, 3.63) is 24.3 Å². The summed E-state index contributed by atoms with van der Waals surface area (Å²) in [6, 6.07) is -0.850. The van der Waals surface area contributed by atoms with Crippen molar-refractivity contribution < 1.29 is 32.9 Å². The molecule has 3 unspecified atom stereocenters. The number of carbonyl (C=O) groups is 1. The zero-order valence-electron chi connectivity index (χ0n) is 23.5. The first-order chi connectivity index (χ1) is 17.0. The Morgan fingerprint density at radius 3 is 2.19 bits per heavy atom. The molecule has 0 fully saturated rings. The Morgan fingerprint density at radius 2 is 1.53 bits per heavy atom. The van der Waals surface area contributed by atoms with Gasteiger partial charge < -0.3 is 19.8 Å². The van der Waals surface area contributed by atoms with Gasteiger partial charge >= 0.3 is 7.82 Å². The van der Waals surface area contributed by atoms with Crippen molar-refractivity contribution in [3.8, 4) is 0 Å². The predicted molar refractivity (Wildman–Crippen MR) is 148 cm³/mol. The lowest BCUT2D eigenvalue weighted by Gasteiger charge is -2.25. The highest BCUT2D eigenvalue weighted by molar-refractivity contribution is 7.47. The molecule has 0 bridgehead atoms. The maximum Gasteiger partial charge on any atom is 0.472 e. The molecule has 36 heavy (non-hydrogen) atoms. The van der Waals surface area contributed by atoms with E-state index in [2.05, 4.69) is 31.3 Å². The molecule has 212 valence electrons. The molecule has 0 heterocycles. The van der Waals surface area contributed by atoms with E-state index in [0.29, 0.717) is 17.4 Å². The molecule has 0 rings (SSSR count). The minimum atomic E-state index is -4.30. The predicted octanol–water partition coefficient (Wildman–Crippen LogP) is 5.51. The normalized spacial score (nSPS) is 15.9. The number of amides is 1. The van der Waals surface area contributed by atoms with E-state index in [4.69, 9.17) is 9.05 Å². The van der Waals surface area contributed by atoms with Gasteiger partial charge in [-0.1, -0.05) is 76.7 Å². The number of aliphatic hydroxyl groups excluding tert-OH is 1. The van der Waals surface area contributed by atoms with Crippen LogP contribution < -0.4 is 5.32 Å². The van der Waals surface area contributed by atoms with Crippen molar-refractivity contribution in [2.24, 2.45) is 0 Å². The second-order valence-electron chi connectivity index (χ2n) is 10.4. The van der Waals surface area contributed by atoms with Gasteiger partial charge in [0.1, 0.15) is 13.2 Å². The summed E-state index contributed by atoms with van der Waals surface area (Å²) in [5, 5.41) is 13.4. The standard InChI is InChI=1S/C27H53N2O6P/c1-6-8-10-11-12-13-14-15-16-17-19-20-26(30)25(28-27(31)21-18-9-7-2)24-35-36(32,33)34-23-22-29(3,4)5/h14-15,19-20,25-26,30H,6-13,16-18,21-24H2,1-5H3,(H-,28,31,32,33)/p+1/b15-14+,20-19+. The zero-order valence-corrected chi connectivity index (χ0v) is 24.4. The number of phosphoric ester groups is 1. The highest BCUT2D eigenvalue weighted by atomic mass is 31.2. The van der Waals surface area contributed by atoms with Gasteiger partial charge in [0.25, 0.3) is 0 Å². The van der Waals surface area contributed by atoms with Gasteiger partial charge in [-0.15, -0.1) is 0 Å². The van der Waals surface area contributed by atoms with Crippen LogP contribution in [0, 0.1) is 0 Å². The van der Waals surface area contributed by atoms with E-state index in [-0.39, 0.29) is 19.1 Å². The fourth-order valence-corrected chi connectivity index (χ4v) is 4.08. The summed E-state index contributed by atoms with van der Waals surface area (Å²) in [5.41, 5.74) is 0. The maximum atomic E-state index is 12.3. The third-order valence-electron chi connectivity index (χ3n) is 5.67. The van der Waals surface area contributed by atoms with Gasteiger partial charge in [0, 0.05) is 6.42 Å². The first-order valence-corrected chi connectivity index (χ1v) is 15.2. The molecule has 1 amide bonds. The van der Waals surface area contributed by atoms with Crippen LogP contribution in [0.15, 0.2) is 24.3 Å². The number of hydrogen-bond acceptors (Lipinski definition) is 5. The van der Waals surface area contributed by atoms with Crippen LogP contribution in [-0.2, 0) is 18.4 Å². The lowest BCUT2D eigenvalue weighted by Crippen LogP contribution is -2.45. The maximum absolute atomic E-state index is 12.3. The average Bonchev–Trinajstić information content (AvgIpc) is 2.79. The second-order valence-corrected chi connectivity index (χ2v) is 11.9. The number of phosphoric acid groups is 1. The second kappa shape index (κ2) is 21.0. The largest absolute Gasteiger partial charge is 0.472 e. The Hall–Kier alpha value is -1.02. The molecule has 0 aromatic carbocycles. The molecule has 9 heteroatoms. The first-order valence-electron chi connectivity index (χ1n) is 13.7. The highest BCUT2D eigenvalue weighted by Gasteiger charge is 2.27. The van der Waals surface area contributed by atoms with E-state index in [0.717, 1.165) is 38.5 Å². The van der Waals surface area contributed by atoms with Crippen molar-refractivity contribution >= 4 is 13.7 Å². The molecule has 0 saturated heterocycles. The Balaban J connectivity index is 4.69. The molecule has 0 aromatic rings. The zero-order chi connectivity index (χ0) is 27.3. The van der Waals surface area contributed by atoms with Crippen LogP contribution in [0.3, 0.4) is 0 Å². The molecule has 0 aliphatic carbocycles. The summed E-state index contributed by atoms with van der Waals surface area (Å²) in [4.78, 5) is 22.3. The van der Waals surface area contributed by atoms with Gasteiger partial charge in [-0.3, -0.25) is 13.8 Å². The number of likely N-dealkylation sites (N-methyl/N-ethyl adjacent to an activating group) is 1. The van der Waals surface area contributed by atoms with E-state index in [9.17, 15) is 19.4 Å². The molecule has 0 radical (unpaired) electrons. The molecular formula is C27H54N2O6P+. The lowest BCUT2D eigenvalue weighted by atomic mass is 10.1. The van der Waals surface area contributed by atoms with Gasteiger partial charge in [-0.2, -0.15) is 0 Å². The lowest BCUT2D eigenvalue weighted by molar-refractivity contribution is -0.870. The number of rotatable bonds is 23. The molecule has 0 saturated carbocycles. The highest BCUT2D eigenvalue weighted by Crippen LogP contribution is 2.43. The summed E-state index contributed by atoms with van der Waals surface area (Å²) < 4.78 is 23.0. The van der Waals surface area contributed by atoms with Crippen LogP contribution in [0.4, 0.5) is 0 Å². The van der Waals surface area contributed by atoms with Crippen molar-refractivity contribution in [1.29, 1.82) is 0 Å². The first kappa shape index (κ1) is 35.0. The summed E-state index contributed by atoms with van der Waals surface area (Å²) in [5.74, 6) is -0.218. The van der Waals surface area contributed by atoms with Crippen LogP contribution in [0.5, 0.6) is 0 Å². The third-order valence-corrected chi connectivity index (χ3v) is 6.66. The van der Waals surface area contributed by atoms with Crippen LogP contribution in [0.1, 0.15) is 90.9 Å². The molecule has 3 N–H and O–H groups in total. The van der Waals surface area contributed by atoms with Crippen LogP contribution >= 0.6 is 7.82 Å². The molecular weight excluding hydrogens is 479 g/mol. The van der Waals surface area contributed by atoms with E-state index >= 15 is 0 Å². The van der Waals surface area contributed by atoms with Gasteiger partial charge in [-0.25, -0.2) is 4.57 Å². The summed E-state index contributed by atoms with van der Waals surface area (Å²) in [6.45, 7) is 4.53. The van der Waals surface area contributed by atoms with Crippen molar-refractivity contribution in [2.75, 3.05) is 40.9 Å². The Kier molecular flexibility index (Phi) is 20.4. The number of nitrogens with zero attached hydrogens (tertiary/aromatic N) is 1. The molecule has 0 aromatic heterocycles. The molecule has 0 aliphatic rings. The van der Waals surface area contributed by atoms with Gasteiger partial charge in [0.15, 0.2) is 0 Å². The topological polar surface area (TPSA) is 105 Å². The molecule has 8 nitrogen and oxygen atoms in total. The Labute approximate surface area is 220 Å². The number of hydrogen-bond donors (Lipinski definition) is 3. The number of carbonyl (C=O) groups excluding carboxylic acids is 1. The number of unbranched alkanes of at least 4 members (excludes halogenated alkanes) is 8. The minimum absolute atomic E-state index is 0.0556. The average molecular weight is 534 g/mol. The quantitative estimate of drug-likeness (QED) is 0.0693. The van der Waals surface area contributed by atoms with Gasteiger partial charge in [-0.05, 0) is 32.1 Å². The number of nitrogens with one attached hydrogen (secondary N) is 1. The summed E-state index contributed by atoms with van der Waals surface area (Å²) in [6.07, 6.45) is 18.9. The monoisotopic (exact) mass is 533 g/mol. The number of quaternary nitrogens is 1. The van der Waals surface area contributed by atoms with E-state index in [1.165, 1.54) is 32.1 Å². The summed E-state index contributed by atoms with van der Waals surface area (Å²) >= 11 is 0. The smallest absolute Gasteiger partial charge is 0.387 e.